The summed E-state index contributed by atoms with van der Waals surface area (Å²) >= 11 is 0. The molecular formula is C20H20N2O4. The number of rotatable bonds is 3. The molecule has 0 spiro atoms. The highest BCUT2D eigenvalue weighted by atomic mass is 16.6. The van der Waals surface area contributed by atoms with Gasteiger partial charge in [0.05, 0.1) is 25.5 Å². The van der Waals surface area contributed by atoms with E-state index in [0.717, 1.165) is 23.2 Å². The highest BCUT2D eigenvalue weighted by molar-refractivity contribution is 5.67. The first-order valence-electron chi connectivity index (χ1n) is 8.74. The molecule has 0 bridgehead atoms. The standard InChI is InChI=1S/C20H20N2O4/c1-2-3-14-4-5-17-15(10-14)6-7-22-18(17)11-19(21-20(22)23)26-13-16-12-24-8-9-25-16/h4-5,10-11,16H,6-9,12-13H2,1H3/t16-/m0/s1. The Morgan fingerprint density at radius 1 is 1.35 bits per heavy atom. The lowest BCUT2D eigenvalue weighted by Gasteiger charge is -2.24. The number of fused-ring (bicyclic) bond motifs is 3. The van der Waals surface area contributed by atoms with Crippen LogP contribution < -0.4 is 10.4 Å². The summed E-state index contributed by atoms with van der Waals surface area (Å²) in [5, 5.41) is 0. The predicted molar refractivity (Wildman–Crippen MR) is 96.2 cm³/mol. The lowest BCUT2D eigenvalue weighted by atomic mass is 9.95. The van der Waals surface area contributed by atoms with Crippen molar-refractivity contribution in [1.82, 2.24) is 9.55 Å². The second-order valence-corrected chi connectivity index (χ2v) is 6.29. The van der Waals surface area contributed by atoms with Crippen LogP contribution in [0.15, 0.2) is 29.1 Å². The molecule has 6 heteroatoms. The van der Waals surface area contributed by atoms with Crippen molar-refractivity contribution < 1.29 is 14.2 Å². The van der Waals surface area contributed by atoms with Crippen molar-refractivity contribution in [2.24, 2.45) is 0 Å². The molecule has 0 N–H and O–H groups in total. The summed E-state index contributed by atoms with van der Waals surface area (Å²) in [5.41, 5.74) is 3.74. The molecule has 1 atom stereocenters. The van der Waals surface area contributed by atoms with Gasteiger partial charge in [0.15, 0.2) is 0 Å². The van der Waals surface area contributed by atoms with E-state index < -0.39 is 0 Å². The molecule has 2 aliphatic rings. The first kappa shape index (κ1) is 16.8. The van der Waals surface area contributed by atoms with Gasteiger partial charge in [-0.15, -0.1) is 5.92 Å². The third kappa shape index (κ3) is 3.36. The predicted octanol–water partition coefficient (Wildman–Crippen LogP) is 1.63. The van der Waals surface area contributed by atoms with Crippen molar-refractivity contribution in [3.05, 3.63) is 45.9 Å². The summed E-state index contributed by atoms with van der Waals surface area (Å²) in [4.78, 5) is 16.5. The average molecular weight is 352 g/mol. The molecule has 0 aliphatic carbocycles. The summed E-state index contributed by atoms with van der Waals surface area (Å²) in [7, 11) is 0. The van der Waals surface area contributed by atoms with Crippen LogP contribution in [-0.4, -0.2) is 42.1 Å². The van der Waals surface area contributed by atoms with Gasteiger partial charge in [-0.2, -0.15) is 4.98 Å². The Balaban J connectivity index is 1.62. The van der Waals surface area contributed by atoms with Crippen molar-refractivity contribution in [3.8, 4) is 29.0 Å². The van der Waals surface area contributed by atoms with E-state index in [9.17, 15) is 4.79 Å². The fourth-order valence-electron chi connectivity index (χ4n) is 3.31. The molecule has 1 saturated heterocycles. The maximum atomic E-state index is 12.4. The molecule has 2 aliphatic heterocycles. The maximum Gasteiger partial charge on any atom is 0.351 e. The van der Waals surface area contributed by atoms with Crippen LogP contribution in [0.2, 0.25) is 0 Å². The van der Waals surface area contributed by atoms with Gasteiger partial charge in [-0.05, 0) is 31.0 Å². The van der Waals surface area contributed by atoms with Crippen molar-refractivity contribution in [2.45, 2.75) is 26.0 Å². The lowest BCUT2D eigenvalue weighted by Crippen LogP contribution is -2.34. The van der Waals surface area contributed by atoms with E-state index in [-0.39, 0.29) is 11.8 Å². The minimum absolute atomic E-state index is 0.133. The number of nitrogens with zero attached hydrogens (tertiary/aromatic N) is 2. The van der Waals surface area contributed by atoms with Crippen LogP contribution in [-0.2, 0) is 22.4 Å². The Hall–Kier alpha value is -2.62. The van der Waals surface area contributed by atoms with E-state index in [1.54, 1.807) is 4.57 Å². The molecule has 1 aromatic heterocycles. The third-order valence-electron chi connectivity index (χ3n) is 4.55. The lowest BCUT2D eigenvalue weighted by molar-refractivity contribution is -0.102. The molecule has 0 amide bonds. The van der Waals surface area contributed by atoms with E-state index in [1.807, 2.05) is 25.1 Å². The highest BCUT2D eigenvalue weighted by Crippen LogP contribution is 2.30. The van der Waals surface area contributed by atoms with Gasteiger partial charge in [-0.3, -0.25) is 4.57 Å². The van der Waals surface area contributed by atoms with E-state index >= 15 is 0 Å². The second-order valence-electron chi connectivity index (χ2n) is 6.29. The molecule has 1 fully saturated rings. The number of ether oxygens (including phenoxy) is 3. The Morgan fingerprint density at radius 2 is 2.27 bits per heavy atom. The van der Waals surface area contributed by atoms with Crippen LogP contribution in [0.5, 0.6) is 5.88 Å². The van der Waals surface area contributed by atoms with Gasteiger partial charge in [0.2, 0.25) is 5.88 Å². The molecule has 134 valence electrons. The van der Waals surface area contributed by atoms with Crippen molar-refractivity contribution in [3.63, 3.8) is 0 Å². The van der Waals surface area contributed by atoms with Crippen LogP contribution in [0.4, 0.5) is 0 Å². The quantitative estimate of drug-likeness (QED) is 0.786. The Bertz CT molecular complexity index is 933. The Kier molecular flexibility index (Phi) is 4.74. The first-order valence-corrected chi connectivity index (χ1v) is 8.74. The van der Waals surface area contributed by atoms with Gasteiger partial charge in [-0.1, -0.05) is 12.0 Å². The van der Waals surface area contributed by atoms with Gasteiger partial charge in [0.25, 0.3) is 0 Å². The van der Waals surface area contributed by atoms with Gasteiger partial charge < -0.3 is 14.2 Å². The van der Waals surface area contributed by atoms with E-state index in [1.165, 1.54) is 5.56 Å². The zero-order valence-electron chi connectivity index (χ0n) is 14.7. The van der Waals surface area contributed by atoms with Crippen LogP contribution in [0.3, 0.4) is 0 Å². The largest absolute Gasteiger partial charge is 0.475 e. The first-order chi connectivity index (χ1) is 12.7. The monoisotopic (exact) mass is 352 g/mol. The number of hydrogen-bond donors (Lipinski definition) is 0. The van der Waals surface area contributed by atoms with Gasteiger partial charge in [0, 0.05) is 23.7 Å². The van der Waals surface area contributed by atoms with Crippen LogP contribution in [0.25, 0.3) is 11.3 Å². The molecule has 0 saturated carbocycles. The molecule has 4 rings (SSSR count). The van der Waals surface area contributed by atoms with Crippen molar-refractivity contribution in [2.75, 3.05) is 26.4 Å². The summed E-state index contributed by atoms with van der Waals surface area (Å²) in [6, 6.07) is 7.91. The fourth-order valence-corrected chi connectivity index (χ4v) is 3.31. The van der Waals surface area contributed by atoms with Crippen molar-refractivity contribution >= 4 is 0 Å². The smallest absolute Gasteiger partial charge is 0.351 e. The number of aromatic nitrogens is 2. The highest BCUT2D eigenvalue weighted by Gasteiger charge is 2.20. The summed E-state index contributed by atoms with van der Waals surface area (Å²) in [5.74, 6) is 6.32. The van der Waals surface area contributed by atoms with Crippen LogP contribution >= 0.6 is 0 Å². The zero-order valence-corrected chi connectivity index (χ0v) is 14.7. The van der Waals surface area contributed by atoms with Crippen LogP contribution in [0, 0.1) is 11.8 Å². The number of aryl methyl sites for hydroxylation is 1. The Labute approximate surface area is 151 Å². The molecular weight excluding hydrogens is 332 g/mol. The molecule has 26 heavy (non-hydrogen) atoms. The fraction of sp³-hybridized carbons (Fsp3) is 0.400. The van der Waals surface area contributed by atoms with E-state index in [2.05, 4.69) is 22.9 Å². The summed E-state index contributed by atoms with van der Waals surface area (Å²) < 4.78 is 18.3. The molecule has 0 radical (unpaired) electrons. The summed E-state index contributed by atoms with van der Waals surface area (Å²) in [6.45, 7) is 4.41. The van der Waals surface area contributed by atoms with E-state index in [4.69, 9.17) is 14.2 Å². The third-order valence-corrected chi connectivity index (χ3v) is 4.55. The second kappa shape index (κ2) is 7.32. The van der Waals surface area contributed by atoms with Gasteiger partial charge >= 0.3 is 5.69 Å². The molecule has 0 unspecified atom stereocenters. The SMILES string of the molecule is CC#Cc1ccc2c(c1)CCn1c-2cc(OC[C@@H]2COCCO2)nc1=O. The zero-order chi connectivity index (χ0) is 17.9. The Morgan fingerprint density at radius 3 is 3.08 bits per heavy atom. The van der Waals surface area contributed by atoms with Crippen LogP contribution in [0.1, 0.15) is 18.1 Å². The summed E-state index contributed by atoms with van der Waals surface area (Å²) in [6.07, 6.45) is 0.656. The van der Waals surface area contributed by atoms with E-state index in [0.29, 0.717) is 38.9 Å². The minimum atomic E-state index is -0.290. The van der Waals surface area contributed by atoms with Crippen molar-refractivity contribution in [1.29, 1.82) is 0 Å². The number of hydrogen-bond acceptors (Lipinski definition) is 5. The van der Waals surface area contributed by atoms with Gasteiger partial charge in [0.1, 0.15) is 12.7 Å². The topological polar surface area (TPSA) is 62.6 Å². The molecule has 1 aromatic carbocycles. The normalized spacial score (nSPS) is 18.3. The van der Waals surface area contributed by atoms with Gasteiger partial charge in [-0.25, -0.2) is 4.79 Å². The molecule has 2 aromatic rings. The number of benzene rings is 1. The molecule has 6 nitrogen and oxygen atoms in total. The minimum Gasteiger partial charge on any atom is -0.475 e. The maximum absolute atomic E-state index is 12.4. The molecule has 3 heterocycles. The average Bonchev–Trinajstić information content (AvgIpc) is 2.67.